The summed E-state index contributed by atoms with van der Waals surface area (Å²) in [6.07, 6.45) is 0. The van der Waals surface area contributed by atoms with E-state index in [1.807, 2.05) is 0 Å². The minimum absolute atomic E-state index is 0.0357. The molecule has 0 fully saturated rings. The van der Waals surface area contributed by atoms with Crippen LogP contribution in [-0.2, 0) is 10.0 Å². The summed E-state index contributed by atoms with van der Waals surface area (Å²) in [7, 11) is -3.97. The first-order valence-electron chi connectivity index (χ1n) is 6.74. The van der Waals surface area contributed by atoms with Gasteiger partial charge in [0, 0.05) is 18.2 Å². The van der Waals surface area contributed by atoms with Gasteiger partial charge in [0.05, 0.1) is 5.02 Å². The standard InChI is InChI=1S/C15H11ClFN3O3S/c1-9-18-15(19-23-9)10-2-7-13(16)14(8-10)24(21,22)20-12-5-3-11(17)4-6-12/h2-8,20H,1H3. The summed E-state index contributed by atoms with van der Waals surface area (Å²) in [5.41, 5.74) is 0.656. The third-order valence-electron chi connectivity index (χ3n) is 3.10. The van der Waals surface area contributed by atoms with Gasteiger partial charge in [-0.05, 0) is 42.5 Å². The number of sulfonamides is 1. The van der Waals surface area contributed by atoms with Crippen molar-refractivity contribution in [2.24, 2.45) is 0 Å². The van der Waals surface area contributed by atoms with Crippen molar-refractivity contribution in [2.45, 2.75) is 11.8 Å². The molecule has 24 heavy (non-hydrogen) atoms. The molecule has 124 valence electrons. The van der Waals surface area contributed by atoms with Gasteiger partial charge in [-0.25, -0.2) is 12.8 Å². The second-order valence-electron chi connectivity index (χ2n) is 4.89. The Morgan fingerprint density at radius 2 is 1.88 bits per heavy atom. The fourth-order valence-corrected chi connectivity index (χ4v) is 3.58. The molecule has 0 bridgehead atoms. The van der Waals surface area contributed by atoms with Gasteiger partial charge in [-0.3, -0.25) is 4.72 Å². The zero-order chi connectivity index (χ0) is 17.3. The number of halogens is 2. The molecule has 0 amide bonds. The van der Waals surface area contributed by atoms with Crippen molar-refractivity contribution in [2.75, 3.05) is 4.72 Å². The van der Waals surface area contributed by atoms with E-state index in [0.29, 0.717) is 11.5 Å². The molecule has 0 aliphatic heterocycles. The molecule has 3 aromatic rings. The van der Waals surface area contributed by atoms with Crippen LogP contribution < -0.4 is 4.72 Å². The molecule has 0 radical (unpaired) electrons. The highest BCUT2D eigenvalue weighted by Crippen LogP contribution is 2.28. The minimum Gasteiger partial charge on any atom is -0.339 e. The maximum absolute atomic E-state index is 12.9. The van der Waals surface area contributed by atoms with Gasteiger partial charge in [-0.15, -0.1) is 0 Å². The summed E-state index contributed by atoms with van der Waals surface area (Å²) in [5.74, 6) is 0.140. The molecule has 0 saturated carbocycles. The number of nitrogens with zero attached hydrogens (tertiary/aromatic N) is 2. The molecule has 6 nitrogen and oxygen atoms in total. The molecule has 3 rings (SSSR count). The van der Waals surface area contributed by atoms with Gasteiger partial charge in [0.2, 0.25) is 11.7 Å². The molecule has 0 saturated heterocycles. The second kappa shape index (κ2) is 6.21. The Kier molecular flexibility index (Phi) is 4.25. The van der Waals surface area contributed by atoms with Gasteiger partial charge >= 0.3 is 0 Å². The highest BCUT2D eigenvalue weighted by Gasteiger charge is 2.20. The zero-order valence-electron chi connectivity index (χ0n) is 12.3. The van der Waals surface area contributed by atoms with E-state index in [0.717, 1.165) is 12.1 Å². The van der Waals surface area contributed by atoms with Crippen molar-refractivity contribution >= 4 is 27.3 Å². The normalized spacial score (nSPS) is 11.5. The van der Waals surface area contributed by atoms with Crippen molar-refractivity contribution in [3.63, 3.8) is 0 Å². The van der Waals surface area contributed by atoms with Crippen LogP contribution in [0.5, 0.6) is 0 Å². The number of anilines is 1. The highest BCUT2D eigenvalue weighted by atomic mass is 35.5. The summed E-state index contributed by atoms with van der Waals surface area (Å²) >= 11 is 6.02. The summed E-state index contributed by atoms with van der Waals surface area (Å²) in [4.78, 5) is 3.90. The van der Waals surface area contributed by atoms with Gasteiger partial charge in [0.1, 0.15) is 10.7 Å². The van der Waals surface area contributed by atoms with Crippen LogP contribution in [0.1, 0.15) is 5.89 Å². The Bertz CT molecular complexity index is 987. The predicted octanol–water partition coefficient (Wildman–Crippen LogP) is 3.64. The van der Waals surface area contributed by atoms with Gasteiger partial charge in [-0.2, -0.15) is 4.98 Å². The second-order valence-corrected chi connectivity index (χ2v) is 6.95. The van der Waals surface area contributed by atoms with Crippen molar-refractivity contribution in [1.82, 2.24) is 10.1 Å². The number of nitrogens with one attached hydrogen (secondary N) is 1. The Hall–Kier alpha value is -2.45. The fourth-order valence-electron chi connectivity index (χ4n) is 1.99. The van der Waals surface area contributed by atoms with Crippen LogP contribution >= 0.6 is 11.6 Å². The largest absolute Gasteiger partial charge is 0.339 e. The molecule has 1 heterocycles. The first-order chi connectivity index (χ1) is 11.3. The molecule has 0 atom stereocenters. The Balaban J connectivity index is 1.99. The van der Waals surface area contributed by atoms with Crippen molar-refractivity contribution < 1.29 is 17.3 Å². The van der Waals surface area contributed by atoms with Crippen molar-refractivity contribution in [1.29, 1.82) is 0 Å². The molecule has 0 spiro atoms. The van der Waals surface area contributed by atoms with E-state index in [1.165, 1.54) is 24.3 Å². The third kappa shape index (κ3) is 3.39. The SMILES string of the molecule is Cc1nc(-c2ccc(Cl)c(S(=O)(=O)Nc3ccc(F)cc3)c2)no1. The molecule has 0 aliphatic carbocycles. The summed E-state index contributed by atoms with van der Waals surface area (Å²) in [6, 6.07) is 9.29. The van der Waals surface area contributed by atoms with Gasteiger partial charge in [-0.1, -0.05) is 16.8 Å². The third-order valence-corrected chi connectivity index (χ3v) is 4.97. The van der Waals surface area contributed by atoms with E-state index in [-0.39, 0.29) is 21.4 Å². The number of benzene rings is 2. The maximum atomic E-state index is 12.9. The lowest BCUT2D eigenvalue weighted by Gasteiger charge is -2.10. The zero-order valence-corrected chi connectivity index (χ0v) is 13.9. The van der Waals surface area contributed by atoms with Gasteiger partial charge in [0.15, 0.2) is 0 Å². The quantitative estimate of drug-likeness (QED) is 0.761. The molecule has 9 heteroatoms. The molecule has 0 unspecified atom stereocenters. The number of aryl methyl sites for hydroxylation is 1. The van der Waals surface area contributed by atoms with Crippen LogP contribution in [0.4, 0.5) is 10.1 Å². The summed E-state index contributed by atoms with van der Waals surface area (Å²) in [5, 5.41) is 3.78. The fraction of sp³-hybridized carbons (Fsp3) is 0.0667. The Morgan fingerprint density at radius 3 is 2.50 bits per heavy atom. The van der Waals surface area contributed by atoms with E-state index in [4.69, 9.17) is 16.1 Å². The van der Waals surface area contributed by atoms with E-state index in [2.05, 4.69) is 14.9 Å². The van der Waals surface area contributed by atoms with E-state index < -0.39 is 15.8 Å². The topological polar surface area (TPSA) is 85.1 Å². The van der Waals surface area contributed by atoms with Crippen LogP contribution in [0, 0.1) is 12.7 Å². The molecule has 0 aliphatic rings. The smallest absolute Gasteiger partial charge is 0.263 e. The average molecular weight is 368 g/mol. The molecule has 1 N–H and O–H groups in total. The van der Waals surface area contributed by atoms with Gasteiger partial charge in [0.25, 0.3) is 10.0 Å². The lowest BCUT2D eigenvalue weighted by atomic mass is 10.2. The van der Waals surface area contributed by atoms with Crippen LogP contribution in [-0.4, -0.2) is 18.6 Å². The monoisotopic (exact) mass is 367 g/mol. The lowest BCUT2D eigenvalue weighted by Crippen LogP contribution is -2.13. The first-order valence-corrected chi connectivity index (χ1v) is 8.60. The Morgan fingerprint density at radius 1 is 1.17 bits per heavy atom. The summed E-state index contributed by atoms with van der Waals surface area (Å²) in [6.45, 7) is 1.63. The van der Waals surface area contributed by atoms with Crippen LogP contribution in [0.3, 0.4) is 0 Å². The van der Waals surface area contributed by atoms with E-state index >= 15 is 0 Å². The van der Waals surface area contributed by atoms with Crippen LogP contribution in [0.15, 0.2) is 51.9 Å². The molecule has 2 aromatic carbocycles. The lowest BCUT2D eigenvalue weighted by molar-refractivity contribution is 0.394. The Labute approximate surface area is 142 Å². The van der Waals surface area contributed by atoms with Crippen LogP contribution in [0.2, 0.25) is 5.02 Å². The van der Waals surface area contributed by atoms with Crippen molar-refractivity contribution in [3.8, 4) is 11.4 Å². The number of hydrogen-bond acceptors (Lipinski definition) is 5. The van der Waals surface area contributed by atoms with E-state index in [1.54, 1.807) is 13.0 Å². The minimum atomic E-state index is -3.97. The van der Waals surface area contributed by atoms with Crippen LogP contribution in [0.25, 0.3) is 11.4 Å². The number of hydrogen-bond donors (Lipinski definition) is 1. The molecular formula is C15H11ClFN3O3S. The first kappa shape index (κ1) is 16.4. The van der Waals surface area contributed by atoms with Crippen molar-refractivity contribution in [3.05, 3.63) is 59.2 Å². The van der Waals surface area contributed by atoms with Gasteiger partial charge < -0.3 is 4.52 Å². The van der Waals surface area contributed by atoms with E-state index in [9.17, 15) is 12.8 Å². The molecular weight excluding hydrogens is 357 g/mol. The maximum Gasteiger partial charge on any atom is 0.263 e. The number of rotatable bonds is 4. The summed E-state index contributed by atoms with van der Waals surface area (Å²) < 4.78 is 45.2. The molecule has 1 aromatic heterocycles. The highest BCUT2D eigenvalue weighted by molar-refractivity contribution is 7.92. The average Bonchev–Trinajstić information content (AvgIpc) is 2.96. The number of aromatic nitrogens is 2. The predicted molar refractivity (Wildman–Crippen MR) is 86.7 cm³/mol.